The number of hydrogen-bond acceptors (Lipinski definition) is 4. The van der Waals surface area contributed by atoms with Crippen LogP contribution in [0.15, 0.2) is 53.4 Å². The van der Waals surface area contributed by atoms with Gasteiger partial charge in [0.15, 0.2) is 9.84 Å². The molecule has 0 spiro atoms. The molecule has 1 N–H and O–H groups in total. The van der Waals surface area contributed by atoms with E-state index in [1.165, 1.54) is 19.3 Å². The molecule has 0 saturated heterocycles. The second-order valence-electron chi connectivity index (χ2n) is 8.02. The number of carbonyl (C=O) groups excluding carboxylic acids is 1. The highest BCUT2D eigenvalue weighted by Gasteiger charge is 2.23. The molecule has 0 aliphatic heterocycles. The predicted octanol–water partition coefficient (Wildman–Crippen LogP) is 4.65. The number of sulfone groups is 1. The van der Waals surface area contributed by atoms with Crippen LogP contribution in [0.4, 0.5) is 5.95 Å². The lowest BCUT2D eigenvalue weighted by molar-refractivity contribution is -0.115. The second-order valence-corrected chi connectivity index (χ2v) is 10.1. The van der Waals surface area contributed by atoms with Gasteiger partial charge in [-0.1, -0.05) is 49.1 Å². The number of anilines is 1. The fraction of sp³-hybridized carbons (Fsp3) is 0.391. The summed E-state index contributed by atoms with van der Waals surface area (Å²) in [5, 5.41) is 2.88. The van der Waals surface area contributed by atoms with Crippen molar-refractivity contribution in [1.29, 1.82) is 0 Å². The van der Waals surface area contributed by atoms with Crippen LogP contribution in [0.25, 0.3) is 11.0 Å². The molecule has 6 nitrogen and oxygen atoms in total. The number of carbonyl (C=O) groups is 1. The second kappa shape index (κ2) is 8.60. The summed E-state index contributed by atoms with van der Waals surface area (Å²) in [6, 6.07) is 14.9. The van der Waals surface area contributed by atoms with Gasteiger partial charge in [0.05, 0.1) is 21.7 Å². The maximum atomic E-state index is 12.6. The highest BCUT2D eigenvalue weighted by atomic mass is 32.2. The number of imidazole rings is 1. The van der Waals surface area contributed by atoms with Crippen LogP contribution in [0, 0.1) is 6.92 Å². The molecule has 0 radical (unpaired) electrons. The lowest BCUT2D eigenvalue weighted by Gasteiger charge is -2.25. The van der Waals surface area contributed by atoms with Gasteiger partial charge in [-0.25, -0.2) is 13.4 Å². The van der Waals surface area contributed by atoms with Crippen molar-refractivity contribution < 1.29 is 13.2 Å². The first-order valence-corrected chi connectivity index (χ1v) is 12.2. The molecular weight excluding hydrogens is 398 g/mol. The SMILES string of the molecule is Cc1ccc(S(=O)(=O)CCC(=O)Nc2nc3ccccc3n2C2CCCCC2)cc1. The maximum absolute atomic E-state index is 12.6. The quantitative estimate of drug-likeness (QED) is 0.623. The van der Waals surface area contributed by atoms with Crippen molar-refractivity contribution in [3.8, 4) is 0 Å². The number of nitrogens with zero attached hydrogens (tertiary/aromatic N) is 2. The van der Waals surface area contributed by atoms with Gasteiger partial charge in [0, 0.05) is 12.5 Å². The number of aromatic nitrogens is 2. The number of amides is 1. The van der Waals surface area contributed by atoms with Gasteiger partial charge < -0.3 is 4.57 Å². The van der Waals surface area contributed by atoms with Crippen LogP contribution in [0.3, 0.4) is 0 Å². The van der Waals surface area contributed by atoms with Crippen molar-refractivity contribution in [3.05, 3.63) is 54.1 Å². The highest BCUT2D eigenvalue weighted by Crippen LogP contribution is 2.34. The summed E-state index contributed by atoms with van der Waals surface area (Å²) in [7, 11) is -3.51. The normalized spacial score (nSPS) is 15.4. The summed E-state index contributed by atoms with van der Waals surface area (Å²) in [6.07, 6.45) is 5.58. The summed E-state index contributed by atoms with van der Waals surface area (Å²) < 4.78 is 27.2. The molecule has 1 aliphatic rings. The zero-order chi connectivity index (χ0) is 21.1. The maximum Gasteiger partial charge on any atom is 0.227 e. The van der Waals surface area contributed by atoms with E-state index in [2.05, 4.69) is 14.9 Å². The van der Waals surface area contributed by atoms with Crippen molar-refractivity contribution in [2.45, 2.75) is 56.4 Å². The molecule has 2 aromatic carbocycles. The number of para-hydroxylation sites is 2. The minimum absolute atomic E-state index is 0.107. The van der Waals surface area contributed by atoms with Crippen molar-refractivity contribution in [2.24, 2.45) is 0 Å². The Morgan fingerprint density at radius 2 is 1.77 bits per heavy atom. The van der Waals surface area contributed by atoms with E-state index in [1.807, 2.05) is 31.2 Å². The molecule has 4 rings (SSSR count). The molecule has 0 atom stereocenters. The molecule has 1 fully saturated rings. The van der Waals surface area contributed by atoms with E-state index in [0.29, 0.717) is 12.0 Å². The largest absolute Gasteiger partial charge is 0.307 e. The Kier molecular flexibility index (Phi) is 5.90. The third kappa shape index (κ3) is 4.41. The molecule has 0 unspecified atom stereocenters. The Bertz CT molecular complexity index is 1140. The van der Waals surface area contributed by atoms with Gasteiger partial charge in [-0.3, -0.25) is 10.1 Å². The number of aryl methyl sites for hydroxylation is 1. The van der Waals surface area contributed by atoms with E-state index in [-0.39, 0.29) is 23.0 Å². The molecule has 7 heteroatoms. The van der Waals surface area contributed by atoms with Gasteiger partial charge >= 0.3 is 0 Å². The van der Waals surface area contributed by atoms with E-state index in [9.17, 15) is 13.2 Å². The monoisotopic (exact) mass is 425 g/mol. The molecule has 1 heterocycles. The Morgan fingerprint density at radius 3 is 2.50 bits per heavy atom. The van der Waals surface area contributed by atoms with Gasteiger partial charge in [-0.05, 0) is 44.0 Å². The lowest BCUT2D eigenvalue weighted by Crippen LogP contribution is -2.22. The first-order valence-electron chi connectivity index (χ1n) is 10.5. The van der Waals surface area contributed by atoms with Gasteiger partial charge in [-0.2, -0.15) is 0 Å². The van der Waals surface area contributed by atoms with Crippen LogP contribution in [0.2, 0.25) is 0 Å². The minimum atomic E-state index is -3.51. The Labute approximate surface area is 177 Å². The fourth-order valence-corrected chi connectivity index (χ4v) is 5.36. The summed E-state index contributed by atoms with van der Waals surface area (Å²) in [4.78, 5) is 17.5. The predicted molar refractivity (Wildman–Crippen MR) is 118 cm³/mol. The highest BCUT2D eigenvalue weighted by molar-refractivity contribution is 7.91. The summed E-state index contributed by atoms with van der Waals surface area (Å²) >= 11 is 0. The average molecular weight is 426 g/mol. The molecule has 1 aromatic heterocycles. The van der Waals surface area contributed by atoms with Crippen LogP contribution in [-0.4, -0.2) is 29.6 Å². The van der Waals surface area contributed by atoms with E-state index in [1.54, 1.807) is 24.3 Å². The van der Waals surface area contributed by atoms with E-state index < -0.39 is 9.84 Å². The summed E-state index contributed by atoms with van der Waals surface area (Å²) in [5.74, 6) is -0.0511. The van der Waals surface area contributed by atoms with Crippen molar-refractivity contribution in [2.75, 3.05) is 11.1 Å². The Morgan fingerprint density at radius 1 is 1.07 bits per heavy atom. The van der Waals surface area contributed by atoms with Crippen LogP contribution in [-0.2, 0) is 14.6 Å². The number of fused-ring (bicyclic) bond motifs is 1. The molecule has 3 aromatic rings. The standard InChI is InChI=1S/C23H27N3O3S/c1-17-11-13-19(14-12-17)30(28,29)16-15-22(27)25-23-24-20-9-5-6-10-21(20)26(23)18-7-3-2-4-8-18/h5-6,9-14,18H,2-4,7-8,15-16H2,1H3,(H,24,25,27). The number of hydrogen-bond donors (Lipinski definition) is 1. The van der Waals surface area contributed by atoms with Crippen molar-refractivity contribution in [3.63, 3.8) is 0 Å². The zero-order valence-electron chi connectivity index (χ0n) is 17.2. The summed E-state index contributed by atoms with van der Waals surface area (Å²) in [5.41, 5.74) is 2.84. The topological polar surface area (TPSA) is 81.1 Å². The Hall–Kier alpha value is -2.67. The molecule has 30 heavy (non-hydrogen) atoms. The van der Waals surface area contributed by atoms with Gasteiger partial charge in [-0.15, -0.1) is 0 Å². The molecule has 1 aliphatic carbocycles. The number of benzene rings is 2. The van der Waals surface area contributed by atoms with Crippen molar-refractivity contribution in [1.82, 2.24) is 9.55 Å². The van der Waals surface area contributed by atoms with Gasteiger partial charge in [0.25, 0.3) is 0 Å². The number of nitrogens with one attached hydrogen (secondary N) is 1. The lowest BCUT2D eigenvalue weighted by atomic mass is 9.95. The molecule has 1 saturated carbocycles. The van der Waals surface area contributed by atoms with Crippen LogP contribution >= 0.6 is 0 Å². The van der Waals surface area contributed by atoms with Crippen LogP contribution in [0.5, 0.6) is 0 Å². The zero-order valence-corrected chi connectivity index (χ0v) is 18.0. The third-order valence-corrected chi connectivity index (χ3v) is 7.50. The number of rotatable bonds is 6. The van der Waals surface area contributed by atoms with E-state index in [0.717, 1.165) is 29.4 Å². The van der Waals surface area contributed by atoms with Crippen LogP contribution < -0.4 is 5.32 Å². The van der Waals surface area contributed by atoms with Crippen LogP contribution in [0.1, 0.15) is 50.1 Å². The van der Waals surface area contributed by atoms with E-state index >= 15 is 0 Å². The van der Waals surface area contributed by atoms with Gasteiger partial charge in [0.1, 0.15) is 0 Å². The molecular formula is C23H27N3O3S. The fourth-order valence-electron chi connectivity index (χ4n) is 4.12. The smallest absolute Gasteiger partial charge is 0.227 e. The van der Waals surface area contributed by atoms with Crippen molar-refractivity contribution >= 4 is 32.7 Å². The first-order chi connectivity index (χ1) is 14.4. The molecule has 158 valence electrons. The van der Waals surface area contributed by atoms with E-state index in [4.69, 9.17) is 0 Å². The average Bonchev–Trinajstić information content (AvgIpc) is 3.11. The molecule has 0 bridgehead atoms. The minimum Gasteiger partial charge on any atom is -0.307 e. The third-order valence-electron chi connectivity index (χ3n) is 5.76. The summed E-state index contributed by atoms with van der Waals surface area (Å²) in [6.45, 7) is 1.91. The first kappa shape index (κ1) is 20.6. The van der Waals surface area contributed by atoms with Gasteiger partial charge in [0.2, 0.25) is 11.9 Å². The Balaban J connectivity index is 1.51. The molecule has 1 amide bonds.